The summed E-state index contributed by atoms with van der Waals surface area (Å²) in [4.78, 5) is 33.2. The second-order valence-electron chi connectivity index (χ2n) is 8.84. The molecule has 0 spiro atoms. The fourth-order valence-corrected chi connectivity index (χ4v) is 3.87. The predicted molar refractivity (Wildman–Crippen MR) is 131 cm³/mol. The summed E-state index contributed by atoms with van der Waals surface area (Å²) in [6.07, 6.45) is 3.52. The Morgan fingerprint density at radius 1 is 0.906 bits per heavy atom. The molecule has 2 aromatic rings. The summed E-state index contributed by atoms with van der Waals surface area (Å²) in [6.45, 7) is 4.34. The lowest BCUT2D eigenvalue weighted by Gasteiger charge is -2.36. The number of carbonyl (C=O) groups is 2. The maximum absolute atomic E-state index is 12.7. The molecule has 2 aromatic carbocycles. The Labute approximate surface area is 191 Å². The number of nitrogens with zero attached hydrogens (tertiary/aromatic N) is 4. The molecule has 6 heteroatoms. The van der Waals surface area contributed by atoms with Crippen LogP contribution in [0.5, 0.6) is 0 Å². The number of likely N-dealkylation sites (N-methyl/N-ethyl adjacent to an activating group) is 1. The molecule has 0 saturated carbocycles. The van der Waals surface area contributed by atoms with E-state index in [1.165, 1.54) is 0 Å². The molecule has 3 rings (SSSR count). The minimum atomic E-state index is 0.00373. The van der Waals surface area contributed by atoms with E-state index >= 15 is 0 Å². The lowest BCUT2D eigenvalue weighted by molar-refractivity contribution is -0.132. The molecule has 0 aromatic heterocycles. The number of anilines is 1. The van der Waals surface area contributed by atoms with Crippen LogP contribution in [-0.2, 0) is 11.3 Å². The van der Waals surface area contributed by atoms with Gasteiger partial charge in [0.1, 0.15) is 0 Å². The van der Waals surface area contributed by atoms with E-state index in [2.05, 4.69) is 21.9 Å². The normalized spacial score (nSPS) is 14.6. The van der Waals surface area contributed by atoms with Crippen LogP contribution >= 0.6 is 0 Å². The first-order chi connectivity index (χ1) is 15.3. The zero-order chi connectivity index (χ0) is 23.1. The average Bonchev–Trinajstić information content (AvgIpc) is 2.77. The molecule has 1 saturated heterocycles. The quantitative estimate of drug-likeness (QED) is 0.472. The van der Waals surface area contributed by atoms with Crippen molar-refractivity contribution in [2.45, 2.75) is 6.54 Å². The number of ketones is 1. The van der Waals surface area contributed by atoms with E-state index < -0.39 is 0 Å². The predicted octanol–water partition coefficient (Wildman–Crippen LogP) is 2.85. The van der Waals surface area contributed by atoms with E-state index in [-0.39, 0.29) is 11.7 Å². The number of benzene rings is 2. The van der Waals surface area contributed by atoms with Gasteiger partial charge in [-0.2, -0.15) is 0 Å². The van der Waals surface area contributed by atoms with Gasteiger partial charge in [-0.25, -0.2) is 0 Å². The molecular formula is C26H34N4O2. The van der Waals surface area contributed by atoms with Crippen molar-refractivity contribution in [1.29, 1.82) is 0 Å². The van der Waals surface area contributed by atoms with Gasteiger partial charge in [0.15, 0.2) is 5.78 Å². The number of piperazine rings is 1. The van der Waals surface area contributed by atoms with Crippen molar-refractivity contribution >= 4 is 23.5 Å². The molecule has 1 aliphatic heterocycles. The third kappa shape index (κ3) is 6.77. The summed E-state index contributed by atoms with van der Waals surface area (Å²) >= 11 is 0. The topological polar surface area (TPSA) is 47.1 Å². The Balaban J connectivity index is 1.61. The van der Waals surface area contributed by atoms with E-state index in [0.29, 0.717) is 12.1 Å². The van der Waals surface area contributed by atoms with E-state index in [4.69, 9.17) is 0 Å². The zero-order valence-corrected chi connectivity index (χ0v) is 19.6. The SMILES string of the molecule is CN(C)CC(=O)N1CCN(c2cccc(/C=C/C(=O)c3cccc(CN(C)C)c3)c2)CC1. The van der Waals surface area contributed by atoms with Crippen LogP contribution in [0.25, 0.3) is 6.08 Å². The highest BCUT2D eigenvalue weighted by molar-refractivity contribution is 6.06. The number of allylic oxidation sites excluding steroid dienone is 1. The summed E-state index contributed by atoms with van der Waals surface area (Å²) in [5.41, 5.74) is 3.94. The minimum Gasteiger partial charge on any atom is -0.368 e. The standard InChI is InChI=1S/C26H34N4O2/c1-27(2)19-22-8-5-9-23(17-22)25(31)12-11-21-7-6-10-24(18-21)29-13-15-30(16-14-29)26(32)20-28(3)4/h5-12,17-18H,13-16,19-20H2,1-4H3/b12-11+. The summed E-state index contributed by atoms with van der Waals surface area (Å²) in [6, 6.07) is 16.0. The number of hydrogen-bond donors (Lipinski definition) is 0. The summed E-state index contributed by atoms with van der Waals surface area (Å²) in [5.74, 6) is 0.184. The van der Waals surface area contributed by atoms with Crippen molar-refractivity contribution in [3.05, 3.63) is 71.3 Å². The van der Waals surface area contributed by atoms with Crippen LogP contribution in [0.2, 0.25) is 0 Å². The molecule has 0 bridgehead atoms. The maximum atomic E-state index is 12.7. The molecule has 1 aliphatic rings. The Morgan fingerprint density at radius 2 is 1.62 bits per heavy atom. The first-order valence-electron chi connectivity index (χ1n) is 11.1. The van der Waals surface area contributed by atoms with Crippen LogP contribution in [0.15, 0.2) is 54.6 Å². The molecule has 0 radical (unpaired) electrons. The van der Waals surface area contributed by atoms with Crippen molar-refractivity contribution in [3.63, 3.8) is 0 Å². The van der Waals surface area contributed by atoms with Crippen LogP contribution in [0.1, 0.15) is 21.5 Å². The second-order valence-corrected chi connectivity index (χ2v) is 8.84. The molecular weight excluding hydrogens is 400 g/mol. The van der Waals surface area contributed by atoms with Gasteiger partial charge in [-0.15, -0.1) is 0 Å². The van der Waals surface area contributed by atoms with E-state index in [0.717, 1.165) is 49.5 Å². The van der Waals surface area contributed by atoms with Gasteiger partial charge in [-0.05, 0) is 63.6 Å². The molecule has 0 N–H and O–H groups in total. The number of carbonyl (C=O) groups excluding carboxylic acids is 2. The van der Waals surface area contributed by atoms with Gasteiger partial charge in [-0.3, -0.25) is 9.59 Å². The van der Waals surface area contributed by atoms with Crippen LogP contribution < -0.4 is 4.90 Å². The largest absolute Gasteiger partial charge is 0.368 e. The van der Waals surface area contributed by atoms with Crippen LogP contribution in [0, 0.1) is 0 Å². The van der Waals surface area contributed by atoms with Crippen LogP contribution in [0.3, 0.4) is 0 Å². The average molecular weight is 435 g/mol. The van der Waals surface area contributed by atoms with Gasteiger partial charge >= 0.3 is 0 Å². The van der Waals surface area contributed by atoms with Crippen molar-refractivity contribution in [3.8, 4) is 0 Å². The highest BCUT2D eigenvalue weighted by Crippen LogP contribution is 2.19. The molecule has 6 nitrogen and oxygen atoms in total. The Hall–Kier alpha value is -2.96. The summed E-state index contributed by atoms with van der Waals surface area (Å²) < 4.78 is 0. The second kappa shape index (κ2) is 11.1. The first-order valence-corrected chi connectivity index (χ1v) is 11.1. The van der Waals surface area contributed by atoms with Gasteiger partial charge in [0, 0.05) is 44.0 Å². The third-order valence-corrected chi connectivity index (χ3v) is 5.46. The van der Waals surface area contributed by atoms with Crippen molar-refractivity contribution in [2.24, 2.45) is 0 Å². The lowest BCUT2D eigenvalue weighted by atomic mass is 10.1. The van der Waals surface area contributed by atoms with Crippen molar-refractivity contribution in [2.75, 3.05) is 65.8 Å². The van der Waals surface area contributed by atoms with Crippen molar-refractivity contribution in [1.82, 2.24) is 14.7 Å². The Bertz CT molecular complexity index is 960. The molecule has 170 valence electrons. The van der Waals surface area contributed by atoms with E-state index in [9.17, 15) is 9.59 Å². The number of hydrogen-bond acceptors (Lipinski definition) is 5. The fourth-order valence-electron chi connectivity index (χ4n) is 3.87. The van der Waals surface area contributed by atoms with Crippen LogP contribution in [-0.4, -0.2) is 87.3 Å². The first kappa shape index (κ1) is 23.7. The molecule has 0 atom stereocenters. The van der Waals surface area contributed by atoms with Gasteiger partial charge in [-0.1, -0.05) is 36.4 Å². The molecule has 1 heterocycles. The third-order valence-electron chi connectivity index (χ3n) is 5.46. The molecule has 1 fully saturated rings. The van der Waals surface area contributed by atoms with E-state index in [1.54, 1.807) is 6.08 Å². The summed E-state index contributed by atoms with van der Waals surface area (Å²) in [7, 11) is 7.86. The molecule has 0 aliphatic carbocycles. The van der Waals surface area contributed by atoms with E-state index in [1.807, 2.05) is 80.5 Å². The lowest BCUT2D eigenvalue weighted by Crippen LogP contribution is -2.50. The Kier molecular flexibility index (Phi) is 8.20. The highest BCUT2D eigenvalue weighted by Gasteiger charge is 2.21. The molecule has 0 unspecified atom stereocenters. The molecule has 1 amide bonds. The van der Waals surface area contributed by atoms with Gasteiger partial charge in [0.25, 0.3) is 0 Å². The zero-order valence-electron chi connectivity index (χ0n) is 19.6. The van der Waals surface area contributed by atoms with Gasteiger partial charge in [0.05, 0.1) is 6.54 Å². The maximum Gasteiger partial charge on any atom is 0.236 e. The minimum absolute atomic E-state index is 0.00373. The molecule has 32 heavy (non-hydrogen) atoms. The summed E-state index contributed by atoms with van der Waals surface area (Å²) in [5, 5.41) is 0. The fraction of sp³-hybridized carbons (Fsp3) is 0.385. The highest BCUT2D eigenvalue weighted by atomic mass is 16.2. The smallest absolute Gasteiger partial charge is 0.236 e. The van der Waals surface area contributed by atoms with Crippen molar-refractivity contribution < 1.29 is 9.59 Å². The van der Waals surface area contributed by atoms with Crippen LogP contribution in [0.4, 0.5) is 5.69 Å². The number of amides is 1. The van der Waals surface area contributed by atoms with Gasteiger partial charge < -0.3 is 19.6 Å². The number of rotatable bonds is 8. The monoisotopic (exact) mass is 434 g/mol. The van der Waals surface area contributed by atoms with Gasteiger partial charge in [0.2, 0.25) is 5.91 Å². The Morgan fingerprint density at radius 3 is 2.31 bits per heavy atom.